The van der Waals surface area contributed by atoms with Gasteiger partial charge in [-0.25, -0.2) is 0 Å². The molecule has 0 bridgehead atoms. The molecule has 0 radical (unpaired) electrons. The van der Waals surface area contributed by atoms with Crippen LogP contribution in [-0.2, 0) is 4.74 Å². The number of hydrogen-bond acceptors (Lipinski definition) is 2. The first kappa shape index (κ1) is 12.7. The Hall–Kier alpha value is 0.650. The van der Waals surface area contributed by atoms with Gasteiger partial charge in [0.05, 0.1) is 6.10 Å². The highest BCUT2D eigenvalue weighted by molar-refractivity contribution is 14.1. The van der Waals surface area contributed by atoms with Crippen LogP contribution in [-0.4, -0.2) is 30.2 Å². The molecular formula is C9H20INO. The summed E-state index contributed by atoms with van der Waals surface area (Å²) in [6, 6.07) is 0.614. The summed E-state index contributed by atoms with van der Waals surface area (Å²) in [7, 11) is 1.75. The number of ether oxygens (including phenoxy) is 1. The van der Waals surface area contributed by atoms with Crippen LogP contribution in [0.4, 0.5) is 0 Å². The number of hydrogen-bond donors (Lipinski definition) is 1. The largest absolute Gasteiger partial charge is 0.380 e. The third-order valence-electron chi connectivity index (χ3n) is 2.04. The molecule has 74 valence electrons. The molecule has 0 aliphatic carbocycles. The van der Waals surface area contributed by atoms with E-state index in [-0.39, 0.29) is 0 Å². The quantitative estimate of drug-likeness (QED) is 0.596. The molecule has 0 saturated carbocycles. The van der Waals surface area contributed by atoms with E-state index in [4.69, 9.17) is 4.74 Å². The van der Waals surface area contributed by atoms with E-state index in [0.29, 0.717) is 18.1 Å². The SMILES string of the molecule is COC(C)CNC(CI)C(C)C. The van der Waals surface area contributed by atoms with Crippen molar-refractivity contribution in [2.24, 2.45) is 5.92 Å². The van der Waals surface area contributed by atoms with Gasteiger partial charge < -0.3 is 10.1 Å². The molecule has 0 amide bonds. The second-order valence-corrected chi connectivity index (χ2v) is 4.34. The van der Waals surface area contributed by atoms with Crippen molar-refractivity contribution in [2.45, 2.75) is 32.9 Å². The zero-order chi connectivity index (χ0) is 9.56. The van der Waals surface area contributed by atoms with Crippen molar-refractivity contribution in [1.29, 1.82) is 0 Å². The Morgan fingerprint density at radius 1 is 1.33 bits per heavy atom. The maximum atomic E-state index is 5.16. The maximum absolute atomic E-state index is 5.16. The van der Waals surface area contributed by atoms with E-state index in [1.54, 1.807) is 7.11 Å². The average Bonchev–Trinajstić information content (AvgIpc) is 2.04. The Morgan fingerprint density at radius 2 is 1.92 bits per heavy atom. The predicted molar refractivity (Wildman–Crippen MR) is 62.0 cm³/mol. The van der Waals surface area contributed by atoms with Crippen LogP contribution in [0.3, 0.4) is 0 Å². The Bertz CT molecular complexity index is 109. The van der Waals surface area contributed by atoms with Gasteiger partial charge in [-0.1, -0.05) is 36.4 Å². The minimum atomic E-state index is 0.314. The van der Waals surface area contributed by atoms with Crippen LogP contribution in [0.1, 0.15) is 20.8 Å². The first-order valence-electron chi connectivity index (χ1n) is 4.44. The molecule has 0 aromatic rings. The van der Waals surface area contributed by atoms with E-state index < -0.39 is 0 Å². The zero-order valence-electron chi connectivity index (χ0n) is 8.43. The zero-order valence-corrected chi connectivity index (χ0v) is 10.6. The molecule has 0 aliphatic heterocycles. The molecule has 1 N–H and O–H groups in total. The lowest BCUT2D eigenvalue weighted by molar-refractivity contribution is 0.113. The van der Waals surface area contributed by atoms with Crippen LogP contribution in [0.15, 0.2) is 0 Å². The minimum Gasteiger partial charge on any atom is -0.380 e. The molecule has 12 heavy (non-hydrogen) atoms. The van der Waals surface area contributed by atoms with Gasteiger partial charge in [0.25, 0.3) is 0 Å². The number of alkyl halides is 1. The van der Waals surface area contributed by atoms with Gasteiger partial charge in [-0.15, -0.1) is 0 Å². The summed E-state index contributed by atoms with van der Waals surface area (Å²) in [5.74, 6) is 0.700. The Labute approximate surface area is 89.6 Å². The minimum absolute atomic E-state index is 0.314. The van der Waals surface area contributed by atoms with Gasteiger partial charge >= 0.3 is 0 Å². The monoisotopic (exact) mass is 285 g/mol. The van der Waals surface area contributed by atoms with Crippen LogP contribution in [0, 0.1) is 5.92 Å². The van der Waals surface area contributed by atoms with Crippen molar-refractivity contribution in [2.75, 3.05) is 18.1 Å². The van der Waals surface area contributed by atoms with Gasteiger partial charge in [0, 0.05) is 24.1 Å². The van der Waals surface area contributed by atoms with Crippen LogP contribution in [0.2, 0.25) is 0 Å². The van der Waals surface area contributed by atoms with Gasteiger partial charge in [-0.2, -0.15) is 0 Å². The van der Waals surface area contributed by atoms with Crippen molar-refractivity contribution in [1.82, 2.24) is 5.32 Å². The molecule has 0 aliphatic rings. The summed E-state index contributed by atoms with van der Waals surface area (Å²) in [5, 5.41) is 3.49. The fourth-order valence-electron chi connectivity index (χ4n) is 0.869. The van der Waals surface area contributed by atoms with Gasteiger partial charge in [-0.05, 0) is 12.8 Å². The summed E-state index contributed by atoms with van der Waals surface area (Å²) >= 11 is 2.42. The molecular weight excluding hydrogens is 265 g/mol. The molecule has 3 heteroatoms. The lowest BCUT2D eigenvalue weighted by Crippen LogP contribution is -2.39. The first-order valence-corrected chi connectivity index (χ1v) is 5.96. The van der Waals surface area contributed by atoms with Gasteiger partial charge in [0.2, 0.25) is 0 Å². The molecule has 0 saturated heterocycles. The van der Waals surface area contributed by atoms with Crippen LogP contribution in [0.5, 0.6) is 0 Å². The number of rotatable bonds is 6. The molecule has 2 atom stereocenters. The Morgan fingerprint density at radius 3 is 2.25 bits per heavy atom. The number of methoxy groups -OCH3 is 1. The molecule has 0 spiro atoms. The molecule has 2 nitrogen and oxygen atoms in total. The summed E-state index contributed by atoms with van der Waals surface area (Å²) in [6.45, 7) is 7.52. The third kappa shape index (κ3) is 5.32. The topological polar surface area (TPSA) is 21.3 Å². The van der Waals surface area contributed by atoms with Crippen LogP contribution < -0.4 is 5.32 Å². The standard InChI is InChI=1S/C9H20INO/c1-7(2)9(5-10)11-6-8(3)12-4/h7-9,11H,5-6H2,1-4H3. The van der Waals surface area contributed by atoms with Gasteiger partial charge in [0.15, 0.2) is 0 Å². The summed E-state index contributed by atoms with van der Waals surface area (Å²) in [4.78, 5) is 0. The second kappa shape index (κ2) is 7.09. The lowest BCUT2D eigenvalue weighted by atomic mass is 10.1. The Balaban J connectivity index is 3.58. The Kier molecular flexibility index (Phi) is 7.48. The van der Waals surface area contributed by atoms with E-state index in [1.807, 2.05) is 0 Å². The summed E-state index contributed by atoms with van der Waals surface area (Å²) in [6.07, 6.45) is 0.314. The van der Waals surface area contributed by atoms with Gasteiger partial charge in [-0.3, -0.25) is 0 Å². The molecule has 2 unspecified atom stereocenters. The average molecular weight is 285 g/mol. The highest BCUT2D eigenvalue weighted by atomic mass is 127. The molecule has 0 aromatic heterocycles. The third-order valence-corrected chi connectivity index (χ3v) is 2.99. The normalized spacial score (nSPS) is 16.5. The fourth-order valence-corrected chi connectivity index (χ4v) is 2.20. The smallest absolute Gasteiger partial charge is 0.0667 e. The molecule has 0 aromatic carbocycles. The van der Waals surface area contributed by atoms with E-state index in [0.717, 1.165) is 11.0 Å². The highest BCUT2D eigenvalue weighted by Gasteiger charge is 2.11. The second-order valence-electron chi connectivity index (χ2n) is 3.46. The fraction of sp³-hybridized carbons (Fsp3) is 1.00. The van der Waals surface area contributed by atoms with E-state index in [9.17, 15) is 0 Å². The van der Waals surface area contributed by atoms with Crippen molar-refractivity contribution in [3.8, 4) is 0 Å². The van der Waals surface area contributed by atoms with Crippen LogP contribution >= 0.6 is 22.6 Å². The maximum Gasteiger partial charge on any atom is 0.0667 e. The van der Waals surface area contributed by atoms with Crippen molar-refractivity contribution in [3.63, 3.8) is 0 Å². The van der Waals surface area contributed by atoms with Crippen molar-refractivity contribution in [3.05, 3.63) is 0 Å². The van der Waals surface area contributed by atoms with E-state index >= 15 is 0 Å². The lowest BCUT2D eigenvalue weighted by Gasteiger charge is -2.21. The van der Waals surface area contributed by atoms with Crippen molar-refractivity contribution < 1.29 is 4.74 Å². The van der Waals surface area contributed by atoms with Gasteiger partial charge in [0.1, 0.15) is 0 Å². The first-order chi connectivity index (χ1) is 5.61. The summed E-state index contributed by atoms with van der Waals surface area (Å²) in [5.41, 5.74) is 0. The molecule has 0 fully saturated rings. The number of halogens is 1. The van der Waals surface area contributed by atoms with Crippen LogP contribution in [0.25, 0.3) is 0 Å². The molecule has 0 rings (SSSR count). The number of nitrogens with one attached hydrogen (secondary N) is 1. The summed E-state index contributed by atoms with van der Waals surface area (Å²) < 4.78 is 6.32. The van der Waals surface area contributed by atoms with E-state index in [2.05, 4.69) is 48.7 Å². The molecule has 0 heterocycles. The highest BCUT2D eigenvalue weighted by Crippen LogP contribution is 2.04. The van der Waals surface area contributed by atoms with E-state index in [1.165, 1.54) is 0 Å². The van der Waals surface area contributed by atoms with Crippen molar-refractivity contribution >= 4 is 22.6 Å². The predicted octanol–water partition coefficient (Wildman–Crippen LogP) is 2.07.